The van der Waals surface area contributed by atoms with Crippen LogP contribution in [0.2, 0.25) is 0 Å². The fraction of sp³-hybridized carbons (Fsp3) is 0.647. The molecule has 0 saturated carbocycles. The molecule has 120 valence electrons. The minimum Gasteiger partial charge on any atom is -0.370 e. The van der Waals surface area contributed by atoms with E-state index in [0.29, 0.717) is 18.5 Å². The minimum atomic E-state index is -0.116. The third-order valence-electron chi connectivity index (χ3n) is 3.71. The lowest BCUT2D eigenvalue weighted by Crippen LogP contribution is -2.34. The molecule has 1 aromatic rings. The first-order chi connectivity index (χ1) is 10.0. The number of thioether (sulfide) groups is 1. The van der Waals surface area contributed by atoms with E-state index in [0.717, 1.165) is 30.0 Å². The summed E-state index contributed by atoms with van der Waals surface area (Å²) in [5.74, 6) is 1.51. The minimum absolute atomic E-state index is 0.116. The van der Waals surface area contributed by atoms with E-state index in [4.69, 9.17) is 0 Å². The summed E-state index contributed by atoms with van der Waals surface area (Å²) in [6.07, 6.45) is 3.18. The molecule has 0 amide bonds. The second-order valence-corrected chi connectivity index (χ2v) is 6.80. The van der Waals surface area contributed by atoms with Gasteiger partial charge in [0.2, 0.25) is 0 Å². The highest BCUT2D eigenvalue weighted by molar-refractivity contribution is 7.98. The predicted octanol–water partition coefficient (Wildman–Crippen LogP) is 4.15. The topological polar surface area (TPSA) is 15.3 Å². The van der Waals surface area contributed by atoms with Gasteiger partial charge in [-0.3, -0.25) is 0 Å². The van der Waals surface area contributed by atoms with Crippen molar-refractivity contribution in [1.82, 2.24) is 5.32 Å². The lowest BCUT2D eigenvalue weighted by Gasteiger charge is -2.31. The number of hydrogen-bond donors (Lipinski definition) is 1. The quantitative estimate of drug-likeness (QED) is 0.737. The van der Waals surface area contributed by atoms with Gasteiger partial charge in [-0.15, -0.1) is 0 Å². The molecule has 0 aliphatic carbocycles. The molecule has 1 aromatic carbocycles. The monoisotopic (exact) mass is 312 g/mol. The lowest BCUT2D eigenvalue weighted by molar-refractivity contribution is 0.533. The Morgan fingerprint density at radius 2 is 2.05 bits per heavy atom. The van der Waals surface area contributed by atoms with Crippen molar-refractivity contribution < 1.29 is 4.39 Å². The highest BCUT2D eigenvalue weighted by Gasteiger charge is 2.17. The van der Waals surface area contributed by atoms with Gasteiger partial charge in [-0.05, 0) is 37.3 Å². The molecule has 4 heteroatoms. The molecular formula is C17H29FN2S. The van der Waals surface area contributed by atoms with E-state index in [1.54, 1.807) is 12.1 Å². The van der Waals surface area contributed by atoms with Crippen LogP contribution in [0, 0.1) is 11.7 Å². The average Bonchev–Trinajstić information content (AvgIpc) is 2.45. The van der Waals surface area contributed by atoms with Gasteiger partial charge in [0.25, 0.3) is 0 Å². The number of benzene rings is 1. The maximum absolute atomic E-state index is 14.2. The van der Waals surface area contributed by atoms with Gasteiger partial charge in [0.15, 0.2) is 0 Å². The van der Waals surface area contributed by atoms with Crippen LogP contribution in [0.25, 0.3) is 0 Å². The summed E-state index contributed by atoms with van der Waals surface area (Å²) in [5, 5.41) is 3.35. The Kier molecular flexibility index (Phi) is 8.12. The van der Waals surface area contributed by atoms with Crippen LogP contribution in [0.3, 0.4) is 0 Å². The molecule has 0 aliphatic heterocycles. The van der Waals surface area contributed by atoms with E-state index in [9.17, 15) is 4.39 Å². The van der Waals surface area contributed by atoms with Gasteiger partial charge < -0.3 is 10.2 Å². The first-order valence-corrected chi connectivity index (χ1v) is 9.10. The van der Waals surface area contributed by atoms with Crippen LogP contribution in [0.5, 0.6) is 0 Å². The molecule has 1 rings (SSSR count). The van der Waals surface area contributed by atoms with Crippen molar-refractivity contribution in [2.75, 3.05) is 30.5 Å². The fourth-order valence-corrected chi connectivity index (χ4v) is 3.28. The largest absolute Gasteiger partial charge is 0.370 e. The van der Waals surface area contributed by atoms with Gasteiger partial charge in [0.05, 0.1) is 0 Å². The standard InChI is InChI=1S/C17H29FN2S/c1-6-14(12-21-5)20(4)17-9-7-8-16(18)15(17)11-19-10-13(2)3/h7-9,13-14,19H,6,10-12H2,1-5H3. The van der Waals surface area contributed by atoms with Gasteiger partial charge in [-0.2, -0.15) is 11.8 Å². The number of nitrogens with one attached hydrogen (secondary N) is 1. The smallest absolute Gasteiger partial charge is 0.129 e. The maximum Gasteiger partial charge on any atom is 0.129 e. The molecule has 0 aromatic heterocycles. The van der Waals surface area contributed by atoms with Crippen LogP contribution in [-0.2, 0) is 6.54 Å². The van der Waals surface area contributed by atoms with Crippen LogP contribution in [0.15, 0.2) is 18.2 Å². The van der Waals surface area contributed by atoms with E-state index >= 15 is 0 Å². The van der Waals surface area contributed by atoms with Crippen molar-refractivity contribution >= 4 is 17.4 Å². The number of anilines is 1. The van der Waals surface area contributed by atoms with Crippen molar-refractivity contribution in [2.45, 2.75) is 39.8 Å². The molecule has 0 fully saturated rings. The second-order valence-electron chi connectivity index (χ2n) is 5.89. The van der Waals surface area contributed by atoms with Gasteiger partial charge in [-0.1, -0.05) is 26.8 Å². The Bertz CT molecular complexity index is 423. The summed E-state index contributed by atoms with van der Waals surface area (Å²) < 4.78 is 14.2. The van der Waals surface area contributed by atoms with Gasteiger partial charge in [0, 0.05) is 36.6 Å². The van der Waals surface area contributed by atoms with E-state index in [2.05, 4.69) is 44.3 Å². The first-order valence-electron chi connectivity index (χ1n) is 7.71. The van der Waals surface area contributed by atoms with Crippen molar-refractivity contribution in [3.05, 3.63) is 29.6 Å². The molecule has 0 radical (unpaired) electrons. The molecule has 2 nitrogen and oxygen atoms in total. The van der Waals surface area contributed by atoms with E-state index in [-0.39, 0.29) is 5.82 Å². The van der Waals surface area contributed by atoms with E-state index in [1.165, 1.54) is 0 Å². The molecule has 0 heterocycles. The van der Waals surface area contributed by atoms with E-state index in [1.807, 2.05) is 17.8 Å². The summed E-state index contributed by atoms with van der Waals surface area (Å²) in [5.41, 5.74) is 1.78. The molecule has 0 bridgehead atoms. The number of halogens is 1. The number of rotatable bonds is 9. The Hall–Kier alpha value is -0.740. The Labute approximate surface area is 133 Å². The zero-order valence-corrected chi connectivity index (χ0v) is 14.8. The zero-order valence-electron chi connectivity index (χ0n) is 13.9. The maximum atomic E-state index is 14.2. The summed E-state index contributed by atoms with van der Waals surface area (Å²) >= 11 is 1.84. The molecule has 1 N–H and O–H groups in total. The van der Waals surface area contributed by atoms with Crippen molar-refractivity contribution in [3.63, 3.8) is 0 Å². The van der Waals surface area contributed by atoms with Gasteiger partial charge in [0.1, 0.15) is 5.82 Å². The summed E-state index contributed by atoms with van der Waals surface area (Å²) in [7, 11) is 2.07. The van der Waals surface area contributed by atoms with Crippen molar-refractivity contribution in [3.8, 4) is 0 Å². The molecule has 0 saturated heterocycles. The Balaban J connectivity index is 2.92. The second kappa shape index (κ2) is 9.31. The Morgan fingerprint density at radius 3 is 2.62 bits per heavy atom. The highest BCUT2D eigenvalue weighted by atomic mass is 32.2. The lowest BCUT2D eigenvalue weighted by atomic mass is 10.1. The number of hydrogen-bond acceptors (Lipinski definition) is 3. The average molecular weight is 312 g/mol. The third kappa shape index (κ3) is 5.51. The van der Waals surface area contributed by atoms with Gasteiger partial charge >= 0.3 is 0 Å². The third-order valence-corrected chi connectivity index (χ3v) is 4.42. The molecular weight excluding hydrogens is 283 g/mol. The van der Waals surface area contributed by atoms with Crippen molar-refractivity contribution in [2.24, 2.45) is 5.92 Å². The molecule has 0 spiro atoms. The molecule has 21 heavy (non-hydrogen) atoms. The zero-order chi connectivity index (χ0) is 15.8. The van der Waals surface area contributed by atoms with E-state index < -0.39 is 0 Å². The number of nitrogens with zero attached hydrogens (tertiary/aromatic N) is 1. The van der Waals surface area contributed by atoms with Crippen LogP contribution in [-0.4, -0.2) is 31.6 Å². The normalized spacial score (nSPS) is 12.7. The van der Waals surface area contributed by atoms with Crippen LogP contribution in [0.1, 0.15) is 32.8 Å². The molecule has 1 unspecified atom stereocenters. The fourth-order valence-electron chi connectivity index (χ4n) is 2.43. The van der Waals surface area contributed by atoms with Crippen LogP contribution >= 0.6 is 11.8 Å². The molecule has 0 aliphatic rings. The highest BCUT2D eigenvalue weighted by Crippen LogP contribution is 2.25. The Morgan fingerprint density at radius 1 is 1.33 bits per heavy atom. The van der Waals surface area contributed by atoms with Crippen LogP contribution in [0.4, 0.5) is 10.1 Å². The first kappa shape index (κ1) is 18.3. The SMILES string of the molecule is CCC(CSC)N(C)c1cccc(F)c1CNCC(C)C. The molecule has 1 atom stereocenters. The summed E-state index contributed by atoms with van der Waals surface area (Å²) in [6.45, 7) is 7.99. The summed E-state index contributed by atoms with van der Waals surface area (Å²) in [4.78, 5) is 2.23. The van der Waals surface area contributed by atoms with Gasteiger partial charge in [-0.25, -0.2) is 4.39 Å². The predicted molar refractivity (Wildman–Crippen MR) is 93.8 cm³/mol. The summed E-state index contributed by atoms with van der Waals surface area (Å²) in [6, 6.07) is 5.82. The van der Waals surface area contributed by atoms with Crippen LogP contribution < -0.4 is 10.2 Å². The van der Waals surface area contributed by atoms with Crippen molar-refractivity contribution in [1.29, 1.82) is 0 Å².